The lowest BCUT2D eigenvalue weighted by Crippen LogP contribution is -2.20. The van der Waals surface area contributed by atoms with Crippen LogP contribution in [0.3, 0.4) is 0 Å². The highest BCUT2D eigenvalue weighted by Crippen LogP contribution is 2.38. The van der Waals surface area contributed by atoms with Gasteiger partial charge in [0.15, 0.2) is 0 Å². The Morgan fingerprint density at radius 3 is 1.63 bits per heavy atom. The van der Waals surface area contributed by atoms with Crippen molar-refractivity contribution in [2.75, 3.05) is 31.8 Å². The summed E-state index contributed by atoms with van der Waals surface area (Å²) in [6.45, 7) is 5.31. The van der Waals surface area contributed by atoms with Crippen LogP contribution < -0.4 is 20.5 Å². The highest BCUT2D eigenvalue weighted by atomic mass is 127. The van der Waals surface area contributed by atoms with Gasteiger partial charge in [0, 0.05) is 31.0 Å². The summed E-state index contributed by atoms with van der Waals surface area (Å²) in [6, 6.07) is 29.5. The van der Waals surface area contributed by atoms with E-state index in [4.69, 9.17) is 15.2 Å². The Labute approximate surface area is 321 Å². The number of hydrogen-bond acceptors (Lipinski definition) is 5. The van der Waals surface area contributed by atoms with Gasteiger partial charge in [-0.25, -0.2) is 0 Å². The summed E-state index contributed by atoms with van der Waals surface area (Å²) in [5.41, 5.74) is 12.9. The Kier molecular flexibility index (Phi) is 16.0. The molecule has 0 amide bonds. The Morgan fingerprint density at radius 2 is 1.20 bits per heavy atom. The number of methoxy groups -OCH3 is 2. The van der Waals surface area contributed by atoms with Crippen LogP contribution >= 0.6 is 45.2 Å². The van der Waals surface area contributed by atoms with Crippen molar-refractivity contribution >= 4 is 62.8 Å². The molecular weight excluding hydrogens is 834 g/mol. The molecule has 0 atom stereocenters. The zero-order valence-corrected chi connectivity index (χ0v) is 33.7. The number of aldehydes is 1. The molecule has 2 fully saturated rings. The minimum Gasteiger partial charge on any atom is -0.496 e. The van der Waals surface area contributed by atoms with Crippen molar-refractivity contribution in [2.45, 2.75) is 77.0 Å². The normalized spacial score (nSPS) is 20.0. The number of hydrogen-bond donors (Lipinski definition) is 2. The molecule has 4 aromatic rings. The van der Waals surface area contributed by atoms with Crippen molar-refractivity contribution in [3.8, 4) is 11.5 Å². The number of benzene rings is 4. The molecule has 0 saturated heterocycles. The minimum atomic E-state index is 0.297. The minimum absolute atomic E-state index is 0.297. The number of nitrogens with two attached hydrogens (primary N) is 1. The van der Waals surface area contributed by atoms with E-state index in [1.807, 2.05) is 24.3 Å². The molecule has 0 spiro atoms. The van der Waals surface area contributed by atoms with E-state index < -0.39 is 0 Å². The van der Waals surface area contributed by atoms with Gasteiger partial charge in [-0.05, 0) is 199 Å². The van der Waals surface area contributed by atoms with Crippen molar-refractivity contribution in [3.05, 3.63) is 114 Å². The lowest BCUT2D eigenvalue weighted by Gasteiger charge is -2.29. The molecule has 262 valence electrons. The molecular formula is C42H52I2N2O3. The molecule has 7 heteroatoms. The quantitative estimate of drug-likeness (QED) is 0.105. The first kappa shape index (κ1) is 39.0. The summed E-state index contributed by atoms with van der Waals surface area (Å²) in [6.07, 6.45) is 10.7. The van der Waals surface area contributed by atoms with Crippen LogP contribution in [0.4, 0.5) is 11.4 Å². The van der Waals surface area contributed by atoms with Crippen LogP contribution in [0.5, 0.6) is 11.5 Å². The molecule has 0 unspecified atom stereocenters. The summed E-state index contributed by atoms with van der Waals surface area (Å²) in [5, 5.41) is 3.61. The standard InChI is InChI=1S/C21H26INO.C15H20O2.C6H6IN/c1-15-12-18(10-11-21(15)24-2)17-8-6-16(7-9-17)14-23-20-5-3-4-19(22)13-20;1-11-9-14(7-8-15(11)17-2)13-5-3-12(10-16)4-6-13;7-5-2-1-3-6(8)4-5/h3-5,10-13,16-17,23H,6-9,14H2,1-2H3;7-10,12-13H,3-6H2,1-2H3;1-4H,8H2. The van der Waals surface area contributed by atoms with Crippen LogP contribution in [0.2, 0.25) is 0 Å². The van der Waals surface area contributed by atoms with Gasteiger partial charge in [-0.15, -0.1) is 0 Å². The van der Waals surface area contributed by atoms with Gasteiger partial charge in [0.1, 0.15) is 17.8 Å². The number of anilines is 2. The first-order chi connectivity index (χ1) is 23.7. The van der Waals surface area contributed by atoms with Crippen molar-refractivity contribution in [2.24, 2.45) is 11.8 Å². The van der Waals surface area contributed by atoms with E-state index in [-0.39, 0.29) is 0 Å². The van der Waals surface area contributed by atoms with Gasteiger partial charge in [0.05, 0.1) is 14.2 Å². The predicted octanol–water partition coefficient (Wildman–Crippen LogP) is 11.3. The van der Waals surface area contributed by atoms with Crippen molar-refractivity contribution in [3.63, 3.8) is 0 Å². The summed E-state index contributed by atoms with van der Waals surface area (Å²) in [7, 11) is 3.45. The molecule has 0 radical (unpaired) electrons. The summed E-state index contributed by atoms with van der Waals surface area (Å²) < 4.78 is 13.1. The summed E-state index contributed by atoms with van der Waals surface area (Å²) in [5.74, 6) is 4.37. The lowest BCUT2D eigenvalue weighted by molar-refractivity contribution is -0.111. The van der Waals surface area contributed by atoms with Crippen LogP contribution in [-0.4, -0.2) is 27.1 Å². The van der Waals surface area contributed by atoms with Crippen LogP contribution in [0.1, 0.15) is 85.5 Å². The van der Waals surface area contributed by atoms with E-state index in [0.717, 1.165) is 61.6 Å². The van der Waals surface area contributed by atoms with E-state index in [2.05, 4.69) is 125 Å². The summed E-state index contributed by atoms with van der Waals surface area (Å²) in [4.78, 5) is 10.7. The number of carbonyl (C=O) groups excluding carboxylic acids is 1. The van der Waals surface area contributed by atoms with E-state index in [1.165, 1.54) is 60.8 Å². The van der Waals surface area contributed by atoms with Crippen molar-refractivity contribution in [1.29, 1.82) is 0 Å². The predicted molar refractivity (Wildman–Crippen MR) is 222 cm³/mol. The monoisotopic (exact) mass is 886 g/mol. The van der Waals surface area contributed by atoms with Crippen LogP contribution in [-0.2, 0) is 4.79 Å². The second kappa shape index (κ2) is 20.2. The van der Waals surface area contributed by atoms with Gasteiger partial charge in [0.2, 0.25) is 0 Å². The molecule has 2 aliphatic rings. The largest absolute Gasteiger partial charge is 0.496 e. The molecule has 0 heterocycles. The average Bonchev–Trinajstić information content (AvgIpc) is 3.11. The van der Waals surface area contributed by atoms with Gasteiger partial charge in [-0.3, -0.25) is 0 Å². The number of ether oxygens (including phenoxy) is 2. The third-order valence-corrected chi connectivity index (χ3v) is 11.2. The molecule has 49 heavy (non-hydrogen) atoms. The molecule has 0 aliphatic heterocycles. The highest BCUT2D eigenvalue weighted by Gasteiger charge is 2.23. The van der Waals surface area contributed by atoms with E-state index >= 15 is 0 Å². The lowest BCUT2D eigenvalue weighted by atomic mass is 9.78. The van der Waals surface area contributed by atoms with Crippen molar-refractivity contribution < 1.29 is 14.3 Å². The smallest absolute Gasteiger partial charge is 0.123 e. The van der Waals surface area contributed by atoms with Crippen LogP contribution in [0.15, 0.2) is 84.9 Å². The number of aryl methyl sites for hydroxylation is 2. The van der Waals surface area contributed by atoms with E-state index in [0.29, 0.717) is 17.8 Å². The number of halogens is 2. The fourth-order valence-corrected chi connectivity index (χ4v) is 8.08. The zero-order valence-electron chi connectivity index (χ0n) is 29.4. The van der Waals surface area contributed by atoms with Crippen LogP contribution in [0, 0.1) is 32.8 Å². The number of carbonyl (C=O) groups is 1. The van der Waals surface area contributed by atoms with Gasteiger partial charge < -0.3 is 25.3 Å². The molecule has 2 saturated carbocycles. The fourth-order valence-electron chi connectivity index (χ4n) is 6.97. The molecule has 0 bridgehead atoms. The number of rotatable bonds is 8. The Morgan fingerprint density at radius 1 is 0.694 bits per heavy atom. The molecule has 4 aromatic carbocycles. The molecule has 5 nitrogen and oxygen atoms in total. The third kappa shape index (κ3) is 12.5. The Balaban J connectivity index is 0.000000187. The van der Waals surface area contributed by atoms with E-state index in [1.54, 1.807) is 14.2 Å². The van der Waals surface area contributed by atoms with Crippen molar-refractivity contribution in [1.82, 2.24) is 0 Å². The summed E-state index contributed by atoms with van der Waals surface area (Å²) >= 11 is 4.59. The first-order valence-electron chi connectivity index (χ1n) is 17.4. The second-order valence-corrected chi connectivity index (χ2v) is 15.9. The van der Waals surface area contributed by atoms with Gasteiger partial charge in [-0.2, -0.15) is 0 Å². The third-order valence-electron chi connectivity index (χ3n) is 9.86. The molecule has 0 aromatic heterocycles. The number of nitrogen functional groups attached to an aromatic ring is 1. The fraction of sp³-hybridized carbons (Fsp3) is 0.405. The maximum Gasteiger partial charge on any atom is 0.123 e. The maximum atomic E-state index is 10.7. The zero-order chi connectivity index (χ0) is 35.2. The highest BCUT2D eigenvalue weighted by molar-refractivity contribution is 14.1. The Bertz CT molecular complexity index is 1590. The molecule has 2 aliphatic carbocycles. The maximum absolute atomic E-state index is 10.7. The SMILES string of the molecule is COc1ccc(C2CCC(C=O)CC2)cc1C.COc1ccc(C2CCC(CNc3cccc(I)c3)CC2)cc1C.Nc1cccc(I)c1. The first-order valence-corrected chi connectivity index (χ1v) is 19.6. The molecule has 6 rings (SSSR count). The van der Waals surface area contributed by atoms with E-state index in [9.17, 15) is 4.79 Å². The molecule has 3 N–H and O–H groups in total. The average molecular weight is 887 g/mol. The van der Waals surface area contributed by atoms with Gasteiger partial charge in [-0.1, -0.05) is 36.4 Å². The van der Waals surface area contributed by atoms with Crippen LogP contribution in [0.25, 0.3) is 0 Å². The Hall–Kier alpha value is -2.79. The number of nitrogens with one attached hydrogen (secondary N) is 1. The topological polar surface area (TPSA) is 73.6 Å². The van der Waals surface area contributed by atoms with Gasteiger partial charge in [0.25, 0.3) is 0 Å². The van der Waals surface area contributed by atoms with Gasteiger partial charge >= 0.3 is 0 Å². The second-order valence-electron chi connectivity index (χ2n) is 13.4.